The number of benzene rings is 6. The molecular weight excluding hydrogens is 450 g/mol. The average Bonchev–Trinajstić information content (AvgIpc) is 3.53. The number of rotatable bonds is 2. The normalized spacial score (nSPS) is 14.9. The number of hydrogen-bond acceptors (Lipinski definition) is 2. The molecule has 0 aromatic heterocycles. The molecule has 0 radical (unpaired) electrons. The first-order valence-corrected chi connectivity index (χ1v) is 12.5. The van der Waals surface area contributed by atoms with Crippen LogP contribution in [0.25, 0.3) is 32.3 Å². The number of nitrogens with zero attached hydrogens (tertiary/aromatic N) is 2. The van der Waals surface area contributed by atoms with E-state index in [1.807, 2.05) is 12.1 Å². The summed E-state index contributed by atoms with van der Waals surface area (Å²) in [5.74, 6) is -0.347. The number of hydrogen-bond donors (Lipinski definition) is 0. The average molecular weight is 473 g/mol. The molecular formula is C32H22F2N2. The Hall–Kier alpha value is -4.18. The summed E-state index contributed by atoms with van der Waals surface area (Å²) >= 11 is 0. The number of halogens is 2. The Morgan fingerprint density at radius 2 is 0.944 bits per heavy atom. The summed E-state index contributed by atoms with van der Waals surface area (Å²) in [6.07, 6.45) is 1.66. The van der Waals surface area contributed by atoms with Crippen molar-refractivity contribution in [1.82, 2.24) is 0 Å². The van der Waals surface area contributed by atoms with Crippen LogP contribution in [0.3, 0.4) is 0 Å². The number of anilines is 4. The Labute approximate surface area is 207 Å². The summed E-state index contributed by atoms with van der Waals surface area (Å²) in [7, 11) is 0. The van der Waals surface area contributed by atoms with E-state index in [2.05, 4.69) is 58.3 Å². The van der Waals surface area contributed by atoms with Gasteiger partial charge in [-0.15, -0.1) is 0 Å². The summed E-state index contributed by atoms with van der Waals surface area (Å²) in [4.78, 5) is 4.26. The molecule has 2 aliphatic heterocycles. The van der Waals surface area contributed by atoms with Crippen LogP contribution in [-0.2, 0) is 12.8 Å². The van der Waals surface area contributed by atoms with Gasteiger partial charge in [0.1, 0.15) is 11.6 Å². The van der Waals surface area contributed by atoms with Crippen molar-refractivity contribution in [3.05, 3.63) is 108 Å². The van der Waals surface area contributed by atoms with Gasteiger partial charge in [-0.25, -0.2) is 8.78 Å². The number of para-hydroxylation sites is 2. The van der Waals surface area contributed by atoms with Crippen molar-refractivity contribution in [2.24, 2.45) is 0 Å². The Morgan fingerprint density at radius 3 is 1.42 bits per heavy atom. The fourth-order valence-corrected chi connectivity index (χ4v) is 6.54. The molecule has 0 N–H and O–H groups in total. The lowest BCUT2D eigenvalue weighted by Gasteiger charge is -2.25. The fourth-order valence-electron chi connectivity index (χ4n) is 6.54. The van der Waals surface area contributed by atoms with Crippen LogP contribution in [0.2, 0.25) is 0 Å². The third-order valence-electron chi connectivity index (χ3n) is 8.09. The lowest BCUT2D eigenvalue weighted by Crippen LogP contribution is -2.15. The van der Waals surface area contributed by atoms with Gasteiger partial charge < -0.3 is 9.80 Å². The molecule has 0 unspecified atom stereocenters. The molecule has 2 heterocycles. The standard InChI is InChI=1S/C32H22F2N2/c33-25-5-1-3-21-15-17-35(31(21)25)27-13-9-19-8-12-24-28(14-10-20-7-11-23(27)29(19)30(20)24)36-18-16-22-4-2-6-26(34)32(22)36/h1-14H,15-18H2. The van der Waals surface area contributed by atoms with E-state index in [4.69, 9.17) is 0 Å². The summed E-state index contributed by atoms with van der Waals surface area (Å²) in [6.45, 7) is 1.52. The van der Waals surface area contributed by atoms with Gasteiger partial charge in [0.25, 0.3) is 0 Å². The largest absolute Gasteiger partial charge is 0.338 e. The third-order valence-corrected chi connectivity index (χ3v) is 8.09. The van der Waals surface area contributed by atoms with Crippen molar-refractivity contribution in [2.75, 3.05) is 22.9 Å². The monoisotopic (exact) mass is 472 g/mol. The SMILES string of the molecule is Fc1cccc2c1N(c1ccc3ccc4c(N5CCc6cccc(F)c65)ccc5ccc1c3c54)CC2. The van der Waals surface area contributed by atoms with Crippen LogP contribution in [0.15, 0.2) is 84.9 Å². The van der Waals surface area contributed by atoms with Gasteiger partial charge in [0.15, 0.2) is 0 Å². The second kappa shape index (κ2) is 7.17. The van der Waals surface area contributed by atoms with E-state index < -0.39 is 0 Å². The first-order chi connectivity index (χ1) is 17.7. The van der Waals surface area contributed by atoms with Crippen LogP contribution in [0.4, 0.5) is 31.5 Å². The Kier molecular flexibility index (Phi) is 4.00. The van der Waals surface area contributed by atoms with Crippen LogP contribution >= 0.6 is 0 Å². The highest BCUT2D eigenvalue weighted by molar-refractivity contribution is 6.27. The van der Waals surface area contributed by atoms with Crippen LogP contribution in [0.5, 0.6) is 0 Å². The van der Waals surface area contributed by atoms with Gasteiger partial charge in [0.2, 0.25) is 0 Å². The maximum Gasteiger partial charge on any atom is 0.147 e. The molecule has 0 spiro atoms. The molecule has 0 saturated carbocycles. The van der Waals surface area contributed by atoms with Crippen molar-refractivity contribution in [2.45, 2.75) is 12.8 Å². The highest BCUT2D eigenvalue weighted by Crippen LogP contribution is 2.47. The van der Waals surface area contributed by atoms with Crippen molar-refractivity contribution in [3.63, 3.8) is 0 Å². The van der Waals surface area contributed by atoms with E-state index in [0.717, 1.165) is 70.0 Å². The van der Waals surface area contributed by atoms with Gasteiger partial charge in [-0.3, -0.25) is 0 Å². The molecule has 0 aliphatic carbocycles. The smallest absolute Gasteiger partial charge is 0.147 e. The minimum Gasteiger partial charge on any atom is -0.338 e. The Balaban J connectivity index is 1.39. The van der Waals surface area contributed by atoms with Crippen LogP contribution in [-0.4, -0.2) is 13.1 Å². The molecule has 6 aromatic carbocycles. The molecule has 2 aliphatic rings. The molecule has 4 heteroatoms. The molecule has 2 nitrogen and oxygen atoms in total. The predicted octanol–water partition coefficient (Wildman–Crippen LogP) is 8.25. The summed E-state index contributed by atoms with van der Waals surface area (Å²) < 4.78 is 29.8. The van der Waals surface area contributed by atoms with Gasteiger partial charge in [-0.1, -0.05) is 60.7 Å². The minimum atomic E-state index is -0.173. The van der Waals surface area contributed by atoms with E-state index in [-0.39, 0.29) is 11.6 Å². The molecule has 0 saturated heterocycles. The van der Waals surface area contributed by atoms with Crippen molar-refractivity contribution < 1.29 is 8.78 Å². The Bertz CT molecular complexity index is 1710. The van der Waals surface area contributed by atoms with E-state index in [1.54, 1.807) is 24.3 Å². The van der Waals surface area contributed by atoms with Crippen LogP contribution < -0.4 is 9.80 Å². The van der Waals surface area contributed by atoms with Crippen molar-refractivity contribution in [1.29, 1.82) is 0 Å². The molecule has 0 atom stereocenters. The lowest BCUT2D eigenvalue weighted by molar-refractivity contribution is 0.628. The third kappa shape index (κ3) is 2.59. The first-order valence-electron chi connectivity index (χ1n) is 12.5. The maximum atomic E-state index is 14.9. The van der Waals surface area contributed by atoms with Gasteiger partial charge in [-0.2, -0.15) is 0 Å². The highest BCUT2D eigenvalue weighted by atomic mass is 19.1. The molecule has 6 aromatic rings. The van der Waals surface area contributed by atoms with Gasteiger partial charge in [0, 0.05) is 35.2 Å². The van der Waals surface area contributed by atoms with Crippen LogP contribution in [0, 0.1) is 11.6 Å². The first kappa shape index (κ1) is 20.1. The van der Waals surface area contributed by atoms with E-state index >= 15 is 0 Å². The summed E-state index contributed by atoms with van der Waals surface area (Å²) in [5.41, 5.74) is 5.55. The molecule has 0 amide bonds. The maximum absolute atomic E-state index is 14.9. The van der Waals surface area contributed by atoms with E-state index in [1.165, 1.54) is 10.8 Å². The summed E-state index contributed by atoms with van der Waals surface area (Å²) in [5, 5.41) is 6.91. The van der Waals surface area contributed by atoms with E-state index in [9.17, 15) is 8.78 Å². The molecule has 0 bridgehead atoms. The molecule has 8 rings (SSSR count). The van der Waals surface area contributed by atoms with Crippen molar-refractivity contribution in [3.8, 4) is 0 Å². The zero-order valence-corrected chi connectivity index (χ0v) is 19.6. The second-order valence-corrected chi connectivity index (χ2v) is 9.89. The van der Waals surface area contributed by atoms with E-state index in [0.29, 0.717) is 11.4 Å². The Morgan fingerprint density at radius 1 is 0.500 bits per heavy atom. The van der Waals surface area contributed by atoms with Gasteiger partial charge >= 0.3 is 0 Å². The van der Waals surface area contributed by atoms with Crippen LogP contribution in [0.1, 0.15) is 11.1 Å². The zero-order chi connectivity index (χ0) is 24.0. The summed E-state index contributed by atoms with van der Waals surface area (Å²) in [6, 6.07) is 27.9. The van der Waals surface area contributed by atoms with Crippen molar-refractivity contribution >= 4 is 55.1 Å². The highest BCUT2D eigenvalue weighted by Gasteiger charge is 2.28. The minimum absolute atomic E-state index is 0.173. The molecule has 0 fully saturated rings. The van der Waals surface area contributed by atoms with Gasteiger partial charge in [0.05, 0.1) is 11.4 Å². The van der Waals surface area contributed by atoms with Gasteiger partial charge in [-0.05, 0) is 69.8 Å². The molecule has 36 heavy (non-hydrogen) atoms. The lowest BCUT2D eigenvalue weighted by atomic mass is 9.92. The second-order valence-electron chi connectivity index (χ2n) is 9.89. The number of fused-ring (bicyclic) bond motifs is 2. The fraction of sp³-hybridized carbons (Fsp3) is 0.125. The topological polar surface area (TPSA) is 6.48 Å². The zero-order valence-electron chi connectivity index (χ0n) is 19.6. The molecule has 174 valence electrons. The quantitative estimate of drug-likeness (QED) is 0.234. The predicted molar refractivity (Wildman–Crippen MR) is 144 cm³/mol.